The maximum absolute atomic E-state index is 13.8. The molecule has 0 aliphatic heterocycles. The van der Waals surface area contributed by atoms with Gasteiger partial charge in [-0.3, -0.25) is 9.79 Å². The number of thioether (sulfide) groups is 1. The molecule has 38 heavy (non-hydrogen) atoms. The minimum Gasteiger partial charge on any atom is -0.496 e. The van der Waals surface area contributed by atoms with Crippen molar-refractivity contribution in [3.63, 3.8) is 0 Å². The molecule has 0 aliphatic carbocycles. The van der Waals surface area contributed by atoms with Gasteiger partial charge in [0.05, 0.1) is 18.9 Å². The molecule has 1 amide bonds. The number of benzene rings is 2. The number of carbonyl (C=O) groups excluding carboxylic acids is 1. The number of alkyl halides is 3. The van der Waals surface area contributed by atoms with E-state index in [4.69, 9.17) is 4.74 Å². The minimum atomic E-state index is -4.72. The number of carbonyl (C=O) groups is 1. The van der Waals surface area contributed by atoms with Crippen LogP contribution in [-0.2, 0) is 16.2 Å². The second kappa shape index (κ2) is 13.1. The van der Waals surface area contributed by atoms with Gasteiger partial charge in [-0.15, -0.1) is 11.8 Å². The fourth-order valence-corrected chi connectivity index (χ4v) is 4.77. The summed E-state index contributed by atoms with van der Waals surface area (Å²) in [4.78, 5) is 18.3. The van der Waals surface area contributed by atoms with E-state index in [0.717, 1.165) is 36.2 Å². The number of ether oxygens (including phenoxy) is 1. The Morgan fingerprint density at radius 3 is 2.50 bits per heavy atom. The Bertz CT molecular complexity index is 1360. The summed E-state index contributed by atoms with van der Waals surface area (Å²) in [6, 6.07) is 6.78. The molecule has 7 nitrogen and oxygen atoms in total. The van der Waals surface area contributed by atoms with Crippen molar-refractivity contribution in [1.82, 2.24) is 9.62 Å². The predicted octanol–water partition coefficient (Wildman–Crippen LogP) is 5.21. The van der Waals surface area contributed by atoms with Gasteiger partial charge in [-0.2, -0.15) is 13.2 Å². The number of allylic oxidation sites excluding steroid dienone is 3. The highest BCUT2D eigenvalue weighted by Crippen LogP contribution is 2.35. The minimum absolute atomic E-state index is 0.00267. The van der Waals surface area contributed by atoms with Gasteiger partial charge < -0.3 is 9.64 Å². The summed E-state index contributed by atoms with van der Waals surface area (Å²) in [5.41, 5.74) is -0.100. The van der Waals surface area contributed by atoms with Crippen molar-refractivity contribution in [2.45, 2.75) is 18.0 Å². The Kier molecular flexibility index (Phi) is 10.7. The van der Waals surface area contributed by atoms with Crippen molar-refractivity contribution in [3.05, 3.63) is 76.9 Å². The summed E-state index contributed by atoms with van der Waals surface area (Å²) in [5, 5.41) is 0. The number of nitrogens with one attached hydrogen (secondary N) is 1. The summed E-state index contributed by atoms with van der Waals surface area (Å²) in [6.45, 7) is 4.95. The first-order chi connectivity index (χ1) is 17.7. The zero-order valence-electron chi connectivity index (χ0n) is 21.1. The number of nitrogens with zero attached hydrogens (tertiary/aromatic N) is 2. The molecule has 2 aromatic rings. The third-order valence-electron chi connectivity index (χ3n) is 5.21. The van der Waals surface area contributed by atoms with E-state index in [9.17, 15) is 30.8 Å². The molecule has 1 N–H and O–H groups in total. The molecule has 2 aromatic carbocycles. The van der Waals surface area contributed by atoms with Gasteiger partial charge in [0.1, 0.15) is 11.6 Å². The SMILES string of the molecule is C=N/C=C\C(=C(/C)N(C)C(=O)c1cc(SCCNS(C)(=O)=O)cc(C(F)(F)F)c1)c1ccc(F)cc1OC. The van der Waals surface area contributed by atoms with E-state index in [-0.39, 0.29) is 28.5 Å². The maximum atomic E-state index is 13.8. The number of amides is 1. The van der Waals surface area contributed by atoms with Gasteiger partial charge in [-0.1, -0.05) is 0 Å². The smallest absolute Gasteiger partial charge is 0.416 e. The zero-order valence-corrected chi connectivity index (χ0v) is 22.7. The van der Waals surface area contributed by atoms with Crippen LogP contribution in [0.4, 0.5) is 17.6 Å². The molecular weight excluding hydrogens is 546 g/mol. The Balaban J connectivity index is 2.52. The van der Waals surface area contributed by atoms with E-state index in [1.165, 1.54) is 49.5 Å². The Labute approximate surface area is 223 Å². The molecule has 0 saturated carbocycles. The lowest BCUT2D eigenvalue weighted by atomic mass is 10.0. The first kappa shape index (κ1) is 31.1. The zero-order chi connectivity index (χ0) is 28.7. The monoisotopic (exact) mass is 573 g/mol. The fraction of sp³-hybridized carbons (Fsp3) is 0.280. The summed E-state index contributed by atoms with van der Waals surface area (Å²) in [5.74, 6) is -0.957. The van der Waals surface area contributed by atoms with Crippen molar-refractivity contribution in [3.8, 4) is 5.75 Å². The molecule has 0 aromatic heterocycles. The summed E-state index contributed by atoms with van der Waals surface area (Å²) in [6.07, 6.45) is -0.876. The van der Waals surface area contributed by atoms with E-state index in [2.05, 4.69) is 16.4 Å². The summed E-state index contributed by atoms with van der Waals surface area (Å²) < 4.78 is 84.6. The lowest BCUT2D eigenvalue weighted by Crippen LogP contribution is -2.26. The first-order valence-electron chi connectivity index (χ1n) is 10.9. The van der Waals surface area contributed by atoms with Crippen LogP contribution in [0.1, 0.15) is 28.4 Å². The molecule has 0 radical (unpaired) electrons. The van der Waals surface area contributed by atoms with Crippen molar-refractivity contribution < 1.29 is 35.5 Å². The third kappa shape index (κ3) is 8.71. The van der Waals surface area contributed by atoms with Crippen LogP contribution in [0.15, 0.2) is 64.3 Å². The molecule has 0 aliphatic rings. The number of rotatable bonds is 11. The normalized spacial score (nSPS) is 12.8. The van der Waals surface area contributed by atoms with E-state index in [0.29, 0.717) is 16.8 Å². The van der Waals surface area contributed by atoms with Gasteiger partial charge in [-0.05, 0) is 50.0 Å². The van der Waals surface area contributed by atoms with Gasteiger partial charge in [0.2, 0.25) is 10.0 Å². The number of sulfonamides is 1. The standard InChI is InChI=1S/C25H27F4N3O4S2/c1-16(21(8-9-30-2)22-7-6-19(26)15-23(22)36-4)32(3)24(33)17-12-18(25(27,28)29)14-20(13-17)37-11-10-31-38(5,34)35/h6-9,12-15,31H,2,10-11H2,1,3-5H3/b9-8-,21-16-. The van der Waals surface area contributed by atoms with Gasteiger partial charge in [0.15, 0.2) is 0 Å². The fourth-order valence-electron chi connectivity index (χ4n) is 3.31. The summed E-state index contributed by atoms with van der Waals surface area (Å²) in [7, 11) is -0.708. The highest BCUT2D eigenvalue weighted by atomic mass is 32.2. The van der Waals surface area contributed by atoms with Crippen molar-refractivity contribution >= 4 is 40.0 Å². The van der Waals surface area contributed by atoms with Gasteiger partial charge >= 0.3 is 6.18 Å². The van der Waals surface area contributed by atoms with Crippen LogP contribution in [-0.4, -0.2) is 58.7 Å². The average molecular weight is 574 g/mol. The van der Waals surface area contributed by atoms with Crippen LogP contribution in [0.3, 0.4) is 0 Å². The second-order valence-electron chi connectivity index (χ2n) is 7.96. The van der Waals surface area contributed by atoms with Crippen LogP contribution < -0.4 is 9.46 Å². The largest absolute Gasteiger partial charge is 0.496 e. The quantitative estimate of drug-likeness (QED) is 0.131. The van der Waals surface area contributed by atoms with Crippen molar-refractivity contribution in [2.24, 2.45) is 4.99 Å². The van der Waals surface area contributed by atoms with Crippen LogP contribution in [0, 0.1) is 5.82 Å². The van der Waals surface area contributed by atoms with E-state index < -0.39 is 33.5 Å². The number of methoxy groups -OCH3 is 1. The number of halogens is 4. The lowest BCUT2D eigenvalue weighted by molar-refractivity contribution is -0.137. The molecule has 0 unspecified atom stereocenters. The topological polar surface area (TPSA) is 88.1 Å². The Morgan fingerprint density at radius 2 is 1.92 bits per heavy atom. The highest BCUT2D eigenvalue weighted by molar-refractivity contribution is 7.99. The predicted molar refractivity (Wildman–Crippen MR) is 141 cm³/mol. The molecule has 0 fully saturated rings. The van der Waals surface area contributed by atoms with Crippen LogP contribution in [0.25, 0.3) is 5.57 Å². The van der Waals surface area contributed by atoms with Crippen LogP contribution in [0.5, 0.6) is 5.75 Å². The summed E-state index contributed by atoms with van der Waals surface area (Å²) >= 11 is 0.971. The Morgan fingerprint density at radius 1 is 1.24 bits per heavy atom. The molecule has 0 saturated heterocycles. The van der Waals surface area contributed by atoms with Crippen LogP contribution >= 0.6 is 11.8 Å². The van der Waals surface area contributed by atoms with Crippen molar-refractivity contribution in [2.75, 3.05) is 32.7 Å². The lowest BCUT2D eigenvalue weighted by Gasteiger charge is -2.23. The van der Waals surface area contributed by atoms with Crippen molar-refractivity contribution in [1.29, 1.82) is 0 Å². The van der Waals surface area contributed by atoms with E-state index in [1.54, 1.807) is 6.92 Å². The third-order valence-corrected chi connectivity index (χ3v) is 6.92. The molecular formula is C25H27F4N3O4S2. The van der Waals surface area contributed by atoms with Crippen LogP contribution in [0.2, 0.25) is 0 Å². The highest BCUT2D eigenvalue weighted by Gasteiger charge is 2.32. The van der Waals surface area contributed by atoms with Gasteiger partial charge in [0.25, 0.3) is 5.91 Å². The molecule has 0 bridgehead atoms. The second-order valence-corrected chi connectivity index (χ2v) is 11.0. The van der Waals surface area contributed by atoms with E-state index in [1.807, 2.05) is 0 Å². The van der Waals surface area contributed by atoms with Gasteiger partial charge in [0, 0.05) is 58.9 Å². The van der Waals surface area contributed by atoms with Gasteiger partial charge in [-0.25, -0.2) is 17.5 Å². The molecule has 0 spiro atoms. The number of hydrogen-bond acceptors (Lipinski definition) is 6. The molecule has 206 valence electrons. The van der Waals surface area contributed by atoms with E-state index >= 15 is 0 Å². The molecule has 0 heterocycles. The number of hydrogen-bond donors (Lipinski definition) is 1. The Hall–Kier alpha value is -3.16. The first-order valence-corrected chi connectivity index (χ1v) is 13.8. The molecule has 0 atom stereocenters. The number of aliphatic imine (C=N–C) groups is 1. The molecule has 2 rings (SSSR count). The average Bonchev–Trinajstić information content (AvgIpc) is 2.85. The maximum Gasteiger partial charge on any atom is 0.416 e. The molecule has 13 heteroatoms.